The molecule has 0 aliphatic rings. The maximum Gasteiger partial charge on any atom is 0.269 e. The van der Waals surface area contributed by atoms with Gasteiger partial charge in [0.05, 0.1) is 11.5 Å². The molecule has 0 fully saturated rings. The van der Waals surface area contributed by atoms with Crippen LogP contribution in [0.2, 0.25) is 0 Å². The molecule has 3 aromatic carbocycles. The number of amides is 3. The van der Waals surface area contributed by atoms with Crippen LogP contribution >= 0.6 is 0 Å². The van der Waals surface area contributed by atoms with Gasteiger partial charge in [-0.2, -0.15) is 0 Å². The van der Waals surface area contributed by atoms with Crippen LogP contribution in [-0.2, 0) is 27.2 Å². The number of hydroxylamine groups is 1. The standard InChI is InChI=1S/C29H32N4O6/c34-27(32-37)19-25(29(36)31-20-28(35)30-18-17-21-5-2-1-3-6-21)8-4-7-22-9-11-23(12-10-22)24-13-15-26(16-14-24)33(38)39/h1-3,5-6,9-16,25,37H,4,7-8,17-20H2,(H,30,35)(H,31,36)(H,32,34). The van der Waals surface area contributed by atoms with Crippen molar-refractivity contribution in [1.82, 2.24) is 16.1 Å². The van der Waals surface area contributed by atoms with E-state index >= 15 is 0 Å². The highest BCUT2D eigenvalue weighted by Gasteiger charge is 2.22. The molecule has 0 aliphatic heterocycles. The number of nitro groups is 1. The molecule has 0 aromatic heterocycles. The van der Waals surface area contributed by atoms with Crippen LogP contribution in [0.25, 0.3) is 11.1 Å². The summed E-state index contributed by atoms with van der Waals surface area (Å²) < 4.78 is 0. The van der Waals surface area contributed by atoms with Gasteiger partial charge >= 0.3 is 0 Å². The number of nitrogens with one attached hydrogen (secondary N) is 3. The van der Waals surface area contributed by atoms with Crippen LogP contribution in [0.3, 0.4) is 0 Å². The minimum absolute atomic E-state index is 0.0347. The Balaban J connectivity index is 1.46. The topological polar surface area (TPSA) is 151 Å². The highest BCUT2D eigenvalue weighted by atomic mass is 16.6. The predicted octanol–water partition coefficient (Wildman–Crippen LogP) is 3.57. The van der Waals surface area contributed by atoms with Crippen LogP contribution < -0.4 is 16.1 Å². The number of non-ortho nitro benzene ring substituents is 1. The molecule has 0 saturated heterocycles. The highest BCUT2D eigenvalue weighted by Crippen LogP contribution is 2.23. The van der Waals surface area contributed by atoms with Gasteiger partial charge < -0.3 is 10.6 Å². The second-order valence-electron chi connectivity index (χ2n) is 9.13. The Morgan fingerprint density at radius 1 is 0.795 bits per heavy atom. The Bertz CT molecular complexity index is 1250. The fourth-order valence-corrected chi connectivity index (χ4v) is 4.15. The smallest absolute Gasteiger partial charge is 0.269 e. The van der Waals surface area contributed by atoms with Crippen molar-refractivity contribution in [3.8, 4) is 11.1 Å². The minimum atomic E-state index is -0.700. The van der Waals surface area contributed by atoms with Crippen molar-refractivity contribution in [1.29, 1.82) is 0 Å². The molecular weight excluding hydrogens is 500 g/mol. The van der Waals surface area contributed by atoms with Crippen molar-refractivity contribution in [3.63, 3.8) is 0 Å². The maximum atomic E-state index is 12.7. The Morgan fingerprint density at radius 3 is 2.03 bits per heavy atom. The molecule has 0 radical (unpaired) electrons. The summed E-state index contributed by atoms with van der Waals surface area (Å²) in [4.78, 5) is 47.0. The second-order valence-corrected chi connectivity index (χ2v) is 9.13. The Hall–Kier alpha value is -4.57. The van der Waals surface area contributed by atoms with E-state index in [0.29, 0.717) is 32.2 Å². The van der Waals surface area contributed by atoms with Gasteiger partial charge in [-0.05, 0) is 60.1 Å². The summed E-state index contributed by atoms with van der Waals surface area (Å²) in [6, 6.07) is 23.8. The van der Waals surface area contributed by atoms with Gasteiger partial charge in [0.2, 0.25) is 17.7 Å². The monoisotopic (exact) mass is 532 g/mol. The fraction of sp³-hybridized carbons (Fsp3) is 0.276. The van der Waals surface area contributed by atoms with E-state index in [1.807, 2.05) is 54.6 Å². The third-order valence-corrected chi connectivity index (χ3v) is 6.31. The first-order chi connectivity index (χ1) is 18.9. The first-order valence-electron chi connectivity index (χ1n) is 12.7. The summed E-state index contributed by atoms with van der Waals surface area (Å²) >= 11 is 0. The molecule has 10 nitrogen and oxygen atoms in total. The summed E-state index contributed by atoms with van der Waals surface area (Å²) in [5, 5.41) is 25.1. The number of benzene rings is 3. The molecule has 4 N–H and O–H groups in total. The summed E-state index contributed by atoms with van der Waals surface area (Å²) in [7, 11) is 0. The van der Waals surface area contributed by atoms with Gasteiger partial charge in [0.25, 0.3) is 5.69 Å². The Kier molecular flexibility index (Phi) is 11.1. The van der Waals surface area contributed by atoms with Crippen molar-refractivity contribution >= 4 is 23.4 Å². The van der Waals surface area contributed by atoms with Crippen LogP contribution in [0.1, 0.15) is 30.4 Å². The lowest BCUT2D eigenvalue weighted by atomic mass is 9.94. The fourth-order valence-electron chi connectivity index (χ4n) is 4.15. The number of carbonyl (C=O) groups excluding carboxylic acids is 3. The average Bonchev–Trinajstić information content (AvgIpc) is 2.96. The Morgan fingerprint density at radius 2 is 1.41 bits per heavy atom. The zero-order chi connectivity index (χ0) is 28.0. The van der Waals surface area contributed by atoms with Crippen LogP contribution in [0, 0.1) is 16.0 Å². The van der Waals surface area contributed by atoms with E-state index < -0.39 is 22.7 Å². The van der Waals surface area contributed by atoms with E-state index in [9.17, 15) is 24.5 Å². The van der Waals surface area contributed by atoms with Gasteiger partial charge in [0, 0.05) is 31.0 Å². The van der Waals surface area contributed by atoms with E-state index in [2.05, 4.69) is 10.6 Å². The zero-order valence-corrected chi connectivity index (χ0v) is 21.5. The van der Waals surface area contributed by atoms with E-state index in [1.54, 1.807) is 17.6 Å². The molecule has 39 heavy (non-hydrogen) atoms. The number of carbonyl (C=O) groups is 3. The number of rotatable bonds is 14. The normalized spacial score (nSPS) is 11.3. The molecule has 204 valence electrons. The van der Waals surface area contributed by atoms with Gasteiger partial charge in [-0.15, -0.1) is 0 Å². The third-order valence-electron chi connectivity index (χ3n) is 6.31. The number of hydrogen-bond donors (Lipinski definition) is 4. The van der Waals surface area contributed by atoms with Crippen LogP contribution in [0.5, 0.6) is 0 Å². The molecule has 0 spiro atoms. The second kappa shape index (κ2) is 15.0. The predicted molar refractivity (Wildman–Crippen MR) is 146 cm³/mol. The largest absolute Gasteiger partial charge is 0.354 e. The lowest BCUT2D eigenvalue weighted by Crippen LogP contribution is -2.41. The van der Waals surface area contributed by atoms with E-state index in [4.69, 9.17) is 5.21 Å². The lowest BCUT2D eigenvalue weighted by Gasteiger charge is -2.16. The highest BCUT2D eigenvalue weighted by molar-refractivity contribution is 5.88. The molecule has 0 aliphatic carbocycles. The number of nitrogens with zero attached hydrogens (tertiary/aromatic N) is 1. The van der Waals surface area contributed by atoms with Crippen LogP contribution in [-0.4, -0.2) is 40.9 Å². The average molecular weight is 533 g/mol. The van der Waals surface area contributed by atoms with Crippen molar-refractivity contribution < 1.29 is 24.5 Å². The molecule has 0 saturated carbocycles. The first-order valence-corrected chi connectivity index (χ1v) is 12.7. The van der Waals surface area contributed by atoms with Crippen molar-refractivity contribution in [2.75, 3.05) is 13.1 Å². The van der Waals surface area contributed by atoms with Gasteiger partial charge in [0.15, 0.2) is 0 Å². The molecular formula is C29H32N4O6. The van der Waals surface area contributed by atoms with E-state index in [-0.39, 0.29) is 24.6 Å². The molecule has 0 bridgehead atoms. The molecule has 3 amide bonds. The quantitative estimate of drug-likeness (QED) is 0.142. The minimum Gasteiger partial charge on any atom is -0.354 e. The molecule has 3 rings (SSSR count). The van der Waals surface area contributed by atoms with Gasteiger partial charge in [0.1, 0.15) is 0 Å². The summed E-state index contributed by atoms with van der Waals surface area (Å²) in [6.45, 7) is 0.243. The van der Waals surface area contributed by atoms with Crippen molar-refractivity contribution in [2.24, 2.45) is 5.92 Å². The summed E-state index contributed by atoms with van der Waals surface area (Å²) in [6.07, 6.45) is 2.13. The number of nitro benzene ring substituents is 1. The van der Waals surface area contributed by atoms with Crippen molar-refractivity contribution in [2.45, 2.75) is 32.1 Å². The van der Waals surface area contributed by atoms with Crippen LogP contribution in [0.4, 0.5) is 5.69 Å². The number of aryl methyl sites for hydroxylation is 1. The lowest BCUT2D eigenvalue weighted by molar-refractivity contribution is -0.384. The van der Waals surface area contributed by atoms with Crippen LogP contribution in [0.15, 0.2) is 78.9 Å². The van der Waals surface area contributed by atoms with Gasteiger partial charge in [-0.1, -0.05) is 54.6 Å². The third kappa shape index (κ3) is 9.67. The molecule has 3 aromatic rings. The maximum absolute atomic E-state index is 12.7. The van der Waals surface area contributed by atoms with E-state index in [0.717, 1.165) is 22.3 Å². The van der Waals surface area contributed by atoms with E-state index in [1.165, 1.54) is 12.1 Å². The van der Waals surface area contributed by atoms with Gasteiger partial charge in [-0.25, -0.2) is 5.48 Å². The zero-order valence-electron chi connectivity index (χ0n) is 21.5. The number of hydrogen-bond acceptors (Lipinski definition) is 6. The summed E-state index contributed by atoms with van der Waals surface area (Å²) in [5.74, 6) is -2.12. The molecule has 1 unspecified atom stereocenters. The molecule has 0 heterocycles. The summed E-state index contributed by atoms with van der Waals surface area (Å²) in [5.41, 5.74) is 5.51. The Labute approximate surface area is 226 Å². The van der Waals surface area contributed by atoms with Gasteiger partial charge in [-0.3, -0.25) is 29.7 Å². The molecule has 1 atom stereocenters. The van der Waals surface area contributed by atoms with Crippen molar-refractivity contribution in [3.05, 3.63) is 100 Å². The first kappa shape index (κ1) is 29.0. The SMILES string of the molecule is O=C(CC(CCCc1ccc(-c2ccc([N+](=O)[O-])cc2)cc1)C(=O)NCC(=O)NCCc1ccccc1)NO. The molecule has 10 heteroatoms.